The van der Waals surface area contributed by atoms with Gasteiger partial charge in [-0.3, -0.25) is 9.59 Å². The lowest BCUT2D eigenvalue weighted by molar-refractivity contribution is 0.0929. The van der Waals surface area contributed by atoms with Gasteiger partial charge in [0.15, 0.2) is 0 Å². The summed E-state index contributed by atoms with van der Waals surface area (Å²) in [5.74, 6) is -0.306. The standard InChI is InChI=1S/C10H15N3O3/c1-3-13-9(14)5-4-8(12-13)10(15)11-6-7-16-2/h4-5H,3,6-7H2,1-2H3,(H,11,15). The smallest absolute Gasteiger partial charge is 0.271 e. The number of hydrogen-bond acceptors (Lipinski definition) is 4. The molecular formula is C10H15N3O3. The molecule has 1 aromatic heterocycles. The van der Waals surface area contributed by atoms with Crippen molar-refractivity contribution in [3.63, 3.8) is 0 Å². The topological polar surface area (TPSA) is 73.2 Å². The summed E-state index contributed by atoms with van der Waals surface area (Å²) in [5, 5.41) is 6.55. The van der Waals surface area contributed by atoms with Crippen LogP contribution in [0.1, 0.15) is 17.4 Å². The van der Waals surface area contributed by atoms with Gasteiger partial charge < -0.3 is 10.1 Å². The van der Waals surface area contributed by atoms with Gasteiger partial charge in [-0.2, -0.15) is 5.10 Å². The summed E-state index contributed by atoms with van der Waals surface area (Å²) in [6.45, 7) is 3.10. The van der Waals surface area contributed by atoms with Crippen LogP contribution in [0.5, 0.6) is 0 Å². The molecule has 16 heavy (non-hydrogen) atoms. The van der Waals surface area contributed by atoms with E-state index in [1.54, 1.807) is 14.0 Å². The van der Waals surface area contributed by atoms with E-state index in [0.29, 0.717) is 19.7 Å². The van der Waals surface area contributed by atoms with Crippen molar-refractivity contribution in [3.05, 3.63) is 28.2 Å². The quantitative estimate of drug-likeness (QED) is 0.694. The highest BCUT2D eigenvalue weighted by atomic mass is 16.5. The molecule has 0 atom stereocenters. The number of amides is 1. The van der Waals surface area contributed by atoms with Crippen molar-refractivity contribution < 1.29 is 9.53 Å². The Labute approximate surface area is 93.2 Å². The normalized spacial score (nSPS) is 10.1. The lowest BCUT2D eigenvalue weighted by Crippen LogP contribution is -2.31. The molecule has 1 heterocycles. The highest BCUT2D eigenvalue weighted by Gasteiger charge is 2.07. The van der Waals surface area contributed by atoms with E-state index in [2.05, 4.69) is 10.4 Å². The first-order chi connectivity index (χ1) is 7.69. The molecule has 1 amide bonds. The lowest BCUT2D eigenvalue weighted by Gasteiger charge is -2.05. The van der Waals surface area contributed by atoms with E-state index in [4.69, 9.17) is 4.74 Å². The summed E-state index contributed by atoms with van der Waals surface area (Å²) in [7, 11) is 1.56. The predicted octanol–water partition coefficient (Wildman–Crippen LogP) is -0.361. The minimum absolute atomic E-state index is 0.212. The monoisotopic (exact) mass is 225 g/mol. The van der Waals surface area contributed by atoms with Gasteiger partial charge in [0, 0.05) is 26.3 Å². The number of aryl methyl sites for hydroxylation is 1. The van der Waals surface area contributed by atoms with E-state index < -0.39 is 0 Å². The van der Waals surface area contributed by atoms with Gasteiger partial charge in [-0.15, -0.1) is 0 Å². The number of rotatable bonds is 5. The summed E-state index contributed by atoms with van der Waals surface area (Å²) in [5.41, 5.74) is 0.0218. The second-order valence-electron chi connectivity index (χ2n) is 3.12. The molecular weight excluding hydrogens is 210 g/mol. The van der Waals surface area contributed by atoms with Crippen LogP contribution in [0, 0.1) is 0 Å². The van der Waals surface area contributed by atoms with Crippen LogP contribution in [0.2, 0.25) is 0 Å². The van der Waals surface area contributed by atoms with E-state index in [-0.39, 0.29) is 17.2 Å². The minimum atomic E-state index is -0.306. The molecule has 0 saturated carbocycles. The summed E-state index contributed by atoms with van der Waals surface area (Å²) in [6.07, 6.45) is 0. The molecule has 0 spiro atoms. The first-order valence-electron chi connectivity index (χ1n) is 5.04. The Bertz CT molecular complexity index is 414. The molecule has 6 nitrogen and oxygen atoms in total. The Morgan fingerprint density at radius 2 is 2.31 bits per heavy atom. The van der Waals surface area contributed by atoms with Gasteiger partial charge in [0.25, 0.3) is 11.5 Å². The van der Waals surface area contributed by atoms with E-state index in [0.717, 1.165) is 0 Å². The first-order valence-corrected chi connectivity index (χ1v) is 5.04. The van der Waals surface area contributed by atoms with Crippen molar-refractivity contribution in [2.45, 2.75) is 13.5 Å². The summed E-state index contributed by atoms with van der Waals surface area (Å²) >= 11 is 0. The Morgan fingerprint density at radius 1 is 1.56 bits per heavy atom. The Hall–Kier alpha value is -1.69. The maximum absolute atomic E-state index is 11.6. The molecule has 0 bridgehead atoms. The second kappa shape index (κ2) is 6.02. The third kappa shape index (κ3) is 3.16. The number of carbonyl (C=O) groups is 1. The molecule has 0 fully saturated rings. The average Bonchev–Trinajstić information content (AvgIpc) is 2.30. The van der Waals surface area contributed by atoms with Crippen LogP contribution >= 0.6 is 0 Å². The largest absolute Gasteiger partial charge is 0.383 e. The van der Waals surface area contributed by atoms with Gasteiger partial charge in [0.2, 0.25) is 0 Å². The molecule has 0 aliphatic carbocycles. The molecule has 88 valence electrons. The molecule has 1 aromatic rings. The summed E-state index contributed by atoms with van der Waals surface area (Å²) < 4.78 is 6.04. The number of nitrogens with one attached hydrogen (secondary N) is 1. The van der Waals surface area contributed by atoms with Crippen molar-refractivity contribution in [1.29, 1.82) is 0 Å². The molecule has 1 N–H and O–H groups in total. The van der Waals surface area contributed by atoms with Crippen molar-refractivity contribution in [3.8, 4) is 0 Å². The average molecular weight is 225 g/mol. The van der Waals surface area contributed by atoms with Crippen LogP contribution in [0.4, 0.5) is 0 Å². The second-order valence-corrected chi connectivity index (χ2v) is 3.12. The SMILES string of the molecule is CCn1nc(C(=O)NCCOC)ccc1=O. The fraction of sp³-hybridized carbons (Fsp3) is 0.500. The lowest BCUT2D eigenvalue weighted by atomic mass is 10.3. The van der Waals surface area contributed by atoms with E-state index in [1.807, 2.05) is 0 Å². The number of nitrogens with zero attached hydrogens (tertiary/aromatic N) is 2. The van der Waals surface area contributed by atoms with Crippen LogP contribution in [-0.2, 0) is 11.3 Å². The van der Waals surface area contributed by atoms with E-state index in [9.17, 15) is 9.59 Å². The minimum Gasteiger partial charge on any atom is -0.383 e. The molecule has 0 radical (unpaired) electrons. The van der Waals surface area contributed by atoms with Crippen molar-refractivity contribution in [1.82, 2.24) is 15.1 Å². The molecule has 0 unspecified atom stereocenters. The van der Waals surface area contributed by atoms with Gasteiger partial charge in [-0.05, 0) is 13.0 Å². The van der Waals surface area contributed by atoms with Crippen LogP contribution in [-0.4, -0.2) is 35.9 Å². The third-order valence-electron chi connectivity index (χ3n) is 1.99. The number of hydrogen-bond donors (Lipinski definition) is 1. The van der Waals surface area contributed by atoms with Crippen molar-refractivity contribution >= 4 is 5.91 Å². The van der Waals surface area contributed by atoms with Gasteiger partial charge >= 0.3 is 0 Å². The van der Waals surface area contributed by atoms with Crippen LogP contribution < -0.4 is 10.9 Å². The fourth-order valence-electron chi connectivity index (χ4n) is 1.15. The fourth-order valence-corrected chi connectivity index (χ4v) is 1.15. The third-order valence-corrected chi connectivity index (χ3v) is 1.99. The van der Waals surface area contributed by atoms with Crippen LogP contribution in [0.25, 0.3) is 0 Å². The number of carbonyl (C=O) groups excluding carboxylic acids is 1. The van der Waals surface area contributed by atoms with Gasteiger partial charge in [0.05, 0.1) is 6.61 Å². The molecule has 0 aliphatic heterocycles. The van der Waals surface area contributed by atoms with E-state index in [1.165, 1.54) is 16.8 Å². The maximum Gasteiger partial charge on any atom is 0.271 e. The Balaban J connectivity index is 2.72. The molecule has 0 saturated heterocycles. The van der Waals surface area contributed by atoms with Crippen LogP contribution in [0.15, 0.2) is 16.9 Å². The van der Waals surface area contributed by atoms with Gasteiger partial charge in [-0.1, -0.05) is 0 Å². The van der Waals surface area contributed by atoms with Crippen molar-refractivity contribution in [2.75, 3.05) is 20.3 Å². The van der Waals surface area contributed by atoms with Gasteiger partial charge in [-0.25, -0.2) is 4.68 Å². The number of ether oxygens (including phenoxy) is 1. The first kappa shape index (κ1) is 12.4. The zero-order valence-corrected chi connectivity index (χ0v) is 9.40. The maximum atomic E-state index is 11.6. The van der Waals surface area contributed by atoms with Crippen molar-refractivity contribution in [2.24, 2.45) is 0 Å². The zero-order chi connectivity index (χ0) is 12.0. The Kier molecular flexibility index (Phi) is 4.65. The molecule has 0 aliphatic rings. The zero-order valence-electron chi connectivity index (χ0n) is 9.40. The number of aromatic nitrogens is 2. The summed E-state index contributed by atoms with van der Waals surface area (Å²) in [4.78, 5) is 22.8. The van der Waals surface area contributed by atoms with Crippen LogP contribution in [0.3, 0.4) is 0 Å². The number of methoxy groups -OCH3 is 1. The Morgan fingerprint density at radius 3 is 2.94 bits per heavy atom. The summed E-state index contributed by atoms with van der Waals surface area (Å²) in [6, 6.07) is 2.75. The molecule has 6 heteroatoms. The predicted molar refractivity (Wildman–Crippen MR) is 58.4 cm³/mol. The molecule has 1 rings (SSSR count). The molecule has 0 aromatic carbocycles. The van der Waals surface area contributed by atoms with Gasteiger partial charge in [0.1, 0.15) is 5.69 Å². The van der Waals surface area contributed by atoms with E-state index >= 15 is 0 Å². The highest BCUT2D eigenvalue weighted by molar-refractivity contribution is 5.91. The highest BCUT2D eigenvalue weighted by Crippen LogP contribution is 1.90.